The molecular weight excluding hydrogens is 384 g/mol. The van der Waals surface area contributed by atoms with Crippen LogP contribution in [0.25, 0.3) is 16.8 Å². The van der Waals surface area contributed by atoms with Crippen LogP contribution >= 0.6 is 0 Å². The van der Waals surface area contributed by atoms with Crippen LogP contribution in [-0.2, 0) is 0 Å². The Kier molecular flexibility index (Phi) is 5.34. The summed E-state index contributed by atoms with van der Waals surface area (Å²) in [6.45, 7) is 4.79. The van der Waals surface area contributed by atoms with Gasteiger partial charge in [-0.05, 0) is 44.2 Å². The van der Waals surface area contributed by atoms with Crippen molar-refractivity contribution < 1.29 is 13.9 Å². The summed E-state index contributed by atoms with van der Waals surface area (Å²) in [5, 5.41) is 19.5. The smallest absolute Gasteiger partial charge is 0.287 e. The van der Waals surface area contributed by atoms with E-state index in [1.54, 1.807) is 23.9 Å². The SMILES string of the molecule is COc1cccc2cc(C(=O)NCCNc3ccc(-n4nc(C)cc4C)nn3)oc12. The number of carbonyl (C=O) groups is 1. The second-order valence-electron chi connectivity index (χ2n) is 6.79. The number of furan rings is 1. The molecule has 0 bridgehead atoms. The van der Waals surface area contributed by atoms with Crippen LogP contribution in [0.15, 0.2) is 46.9 Å². The third kappa shape index (κ3) is 3.95. The van der Waals surface area contributed by atoms with Crippen molar-refractivity contribution in [3.8, 4) is 11.6 Å². The molecular formula is C21H22N6O3. The zero-order valence-electron chi connectivity index (χ0n) is 17.0. The predicted octanol–water partition coefficient (Wildman–Crippen LogP) is 2.88. The van der Waals surface area contributed by atoms with Crippen LogP contribution in [0, 0.1) is 13.8 Å². The van der Waals surface area contributed by atoms with Gasteiger partial charge in [-0.3, -0.25) is 4.79 Å². The number of fused-ring (bicyclic) bond motifs is 1. The standard InChI is InChI=1S/C21H22N6O3/c1-13-11-14(2)27(26-13)19-8-7-18(24-25-19)22-9-10-23-21(28)17-12-15-5-4-6-16(29-3)20(15)30-17/h4-8,11-12H,9-10H2,1-3H3,(H,22,24)(H,23,28). The molecule has 0 unspecified atom stereocenters. The highest BCUT2D eigenvalue weighted by Crippen LogP contribution is 2.28. The number of rotatable bonds is 7. The highest BCUT2D eigenvalue weighted by molar-refractivity contribution is 5.97. The number of anilines is 1. The molecule has 9 nitrogen and oxygen atoms in total. The van der Waals surface area contributed by atoms with Crippen LogP contribution in [-0.4, -0.2) is 46.1 Å². The Morgan fingerprint density at radius 1 is 1.13 bits per heavy atom. The molecule has 0 radical (unpaired) electrons. The molecule has 4 rings (SSSR count). The quantitative estimate of drug-likeness (QED) is 0.455. The molecule has 1 aromatic carbocycles. The van der Waals surface area contributed by atoms with Gasteiger partial charge in [0.05, 0.1) is 12.8 Å². The lowest BCUT2D eigenvalue weighted by Gasteiger charge is -2.07. The highest BCUT2D eigenvalue weighted by atomic mass is 16.5. The molecule has 1 amide bonds. The van der Waals surface area contributed by atoms with Crippen molar-refractivity contribution >= 4 is 22.7 Å². The van der Waals surface area contributed by atoms with E-state index in [0.29, 0.717) is 36.1 Å². The molecule has 4 aromatic rings. The number of hydrogen-bond acceptors (Lipinski definition) is 7. The van der Waals surface area contributed by atoms with E-state index < -0.39 is 0 Å². The molecule has 30 heavy (non-hydrogen) atoms. The van der Waals surface area contributed by atoms with E-state index >= 15 is 0 Å². The first kappa shape index (κ1) is 19.4. The minimum Gasteiger partial charge on any atom is -0.493 e. The van der Waals surface area contributed by atoms with Gasteiger partial charge in [0.1, 0.15) is 5.82 Å². The number of para-hydroxylation sites is 1. The van der Waals surface area contributed by atoms with Crippen molar-refractivity contribution in [2.75, 3.05) is 25.5 Å². The molecule has 9 heteroatoms. The predicted molar refractivity (Wildman–Crippen MR) is 112 cm³/mol. The maximum atomic E-state index is 12.3. The Balaban J connectivity index is 1.31. The summed E-state index contributed by atoms with van der Waals surface area (Å²) < 4.78 is 12.6. The first-order chi connectivity index (χ1) is 14.5. The van der Waals surface area contributed by atoms with Crippen molar-refractivity contribution in [2.24, 2.45) is 0 Å². The van der Waals surface area contributed by atoms with Crippen LogP contribution in [0.1, 0.15) is 21.9 Å². The van der Waals surface area contributed by atoms with Crippen LogP contribution in [0.5, 0.6) is 5.75 Å². The van der Waals surface area contributed by atoms with Gasteiger partial charge in [-0.1, -0.05) is 12.1 Å². The minimum atomic E-state index is -0.291. The second kappa shape index (κ2) is 8.24. The van der Waals surface area contributed by atoms with Crippen LogP contribution in [0.4, 0.5) is 5.82 Å². The van der Waals surface area contributed by atoms with Gasteiger partial charge in [0.25, 0.3) is 5.91 Å². The van der Waals surface area contributed by atoms with Gasteiger partial charge >= 0.3 is 0 Å². The minimum absolute atomic E-state index is 0.239. The number of aryl methyl sites for hydroxylation is 2. The van der Waals surface area contributed by atoms with Gasteiger partial charge in [-0.25, -0.2) is 4.68 Å². The Morgan fingerprint density at radius 3 is 2.70 bits per heavy atom. The average molecular weight is 406 g/mol. The second-order valence-corrected chi connectivity index (χ2v) is 6.79. The Hall–Kier alpha value is -3.88. The van der Waals surface area contributed by atoms with Gasteiger partial charge in [-0.15, -0.1) is 10.2 Å². The summed E-state index contributed by atoms with van der Waals surface area (Å²) in [5.41, 5.74) is 2.48. The maximum Gasteiger partial charge on any atom is 0.287 e. The lowest BCUT2D eigenvalue weighted by atomic mass is 10.2. The number of amides is 1. The molecule has 3 aromatic heterocycles. The van der Waals surface area contributed by atoms with Gasteiger partial charge in [0, 0.05) is 24.2 Å². The summed E-state index contributed by atoms with van der Waals surface area (Å²) in [6, 6.07) is 12.9. The van der Waals surface area contributed by atoms with Gasteiger partial charge in [-0.2, -0.15) is 5.10 Å². The van der Waals surface area contributed by atoms with Crippen LogP contribution in [0.3, 0.4) is 0 Å². The third-order valence-electron chi connectivity index (χ3n) is 4.55. The number of carbonyl (C=O) groups excluding carboxylic acids is 1. The molecule has 3 heterocycles. The van der Waals surface area contributed by atoms with Crippen molar-refractivity contribution in [3.05, 3.63) is 59.6 Å². The number of hydrogen-bond donors (Lipinski definition) is 2. The number of ether oxygens (including phenoxy) is 1. The molecule has 0 aliphatic heterocycles. The zero-order chi connectivity index (χ0) is 21.1. The fourth-order valence-corrected chi connectivity index (χ4v) is 3.16. The fourth-order valence-electron chi connectivity index (χ4n) is 3.16. The van der Waals surface area contributed by atoms with Crippen molar-refractivity contribution in [2.45, 2.75) is 13.8 Å². The number of methoxy groups -OCH3 is 1. The number of nitrogens with one attached hydrogen (secondary N) is 2. The molecule has 0 spiro atoms. The van der Waals surface area contributed by atoms with Crippen LogP contribution in [0.2, 0.25) is 0 Å². The number of nitrogens with zero attached hydrogens (tertiary/aromatic N) is 4. The Morgan fingerprint density at radius 2 is 2.00 bits per heavy atom. The van der Waals surface area contributed by atoms with E-state index in [1.807, 2.05) is 44.2 Å². The van der Waals surface area contributed by atoms with E-state index in [-0.39, 0.29) is 11.7 Å². The van der Waals surface area contributed by atoms with E-state index in [0.717, 1.165) is 16.8 Å². The van der Waals surface area contributed by atoms with E-state index in [4.69, 9.17) is 9.15 Å². The lowest BCUT2D eigenvalue weighted by Crippen LogP contribution is -2.28. The topological polar surface area (TPSA) is 107 Å². The van der Waals surface area contributed by atoms with E-state index in [2.05, 4.69) is 25.9 Å². The summed E-state index contributed by atoms with van der Waals surface area (Å²) >= 11 is 0. The van der Waals surface area contributed by atoms with Crippen molar-refractivity contribution in [1.82, 2.24) is 25.3 Å². The molecule has 0 saturated carbocycles. The normalized spacial score (nSPS) is 10.9. The van der Waals surface area contributed by atoms with E-state index in [9.17, 15) is 4.79 Å². The number of benzene rings is 1. The van der Waals surface area contributed by atoms with Crippen molar-refractivity contribution in [3.63, 3.8) is 0 Å². The first-order valence-corrected chi connectivity index (χ1v) is 9.51. The van der Waals surface area contributed by atoms with Crippen LogP contribution < -0.4 is 15.4 Å². The average Bonchev–Trinajstić information content (AvgIpc) is 3.34. The Labute approximate surface area is 173 Å². The summed E-state index contributed by atoms with van der Waals surface area (Å²) in [4.78, 5) is 12.3. The lowest BCUT2D eigenvalue weighted by molar-refractivity contribution is 0.0929. The molecule has 2 N–H and O–H groups in total. The summed E-state index contributed by atoms with van der Waals surface area (Å²) in [6.07, 6.45) is 0. The molecule has 154 valence electrons. The van der Waals surface area contributed by atoms with Gasteiger partial charge < -0.3 is 19.8 Å². The van der Waals surface area contributed by atoms with Gasteiger partial charge in [0.15, 0.2) is 22.9 Å². The molecule has 0 aliphatic carbocycles. The third-order valence-corrected chi connectivity index (χ3v) is 4.55. The molecule has 0 atom stereocenters. The van der Waals surface area contributed by atoms with E-state index in [1.165, 1.54) is 0 Å². The summed E-state index contributed by atoms with van der Waals surface area (Å²) in [5.74, 6) is 1.81. The monoisotopic (exact) mass is 406 g/mol. The fraction of sp³-hybridized carbons (Fsp3) is 0.238. The summed E-state index contributed by atoms with van der Waals surface area (Å²) in [7, 11) is 1.56. The maximum absolute atomic E-state index is 12.3. The first-order valence-electron chi connectivity index (χ1n) is 9.51. The Bertz CT molecular complexity index is 1180. The highest BCUT2D eigenvalue weighted by Gasteiger charge is 2.14. The molecule has 0 aliphatic rings. The largest absolute Gasteiger partial charge is 0.493 e. The zero-order valence-corrected chi connectivity index (χ0v) is 17.0. The van der Waals surface area contributed by atoms with Gasteiger partial charge in [0.2, 0.25) is 0 Å². The van der Waals surface area contributed by atoms with Crippen molar-refractivity contribution in [1.29, 1.82) is 0 Å². The molecule has 0 fully saturated rings. The molecule has 0 saturated heterocycles. The number of aromatic nitrogens is 4.